The van der Waals surface area contributed by atoms with Gasteiger partial charge in [-0.2, -0.15) is 0 Å². The van der Waals surface area contributed by atoms with E-state index in [9.17, 15) is 14.4 Å². The van der Waals surface area contributed by atoms with Crippen LogP contribution in [-0.4, -0.2) is 60.8 Å². The Kier molecular flexibility index (Phi) is 6.17. The highest BCUT2D eigenvalue weighted by Crippen LogP contribution is 2.38. The van der Waals surface area contributed by atoms with E-state index in [0.29, 0.717) is 54.7 Å². The summed E-state index contributed by atoms with van der Waals surface area (Å²) in [6, 6.07) is 12.5. The molecular weight excluding hydrogens is 406 g/mol. The minimum Gasteiger partial charge on any atom is -0.496 e. The van der Waals surface area contributed by atoms with Crippen LogP contribution in [0.5, 0.6) is 5.75 Å². The fourth-order valence-electron chi connectivity index (χ4n) is 4.08. The van der Waals surface area contributed by atoms with Crippen molar-refractivity contribution >= 4 is 23.4 Å². The molecule has 0 bridgehead atoms. The molecule has 0 spiro atoms. The van der Waals surface area contributed by atoms with Crippen molar-refractivity contribution in [2.45, 2.75) is 20.3 Å². The Labute approximate surface area is 188 Å². The minimum absolute atomic E-state index is 0.0157. The van der Waals surface area contributed by atoms with Crippen molar-refractivity contribution in [2.24, 2.45) is 11.8 Å². The standard InChI is InChI=1S/C25H29N3O4/c1-16-7-8-19(15-22(16)32-3)25(31)28-11-9-27(10-12-28)24(30)18-5-4-6-20(14-18)26-23(29)21-13-17(21)2/h4-8,14-15,17,21H,9-13H2,1-3H3,(H,26,29). The first-order valence-corrected chi connectivity index (χ1v) is 11.0. The topological polar surface area (TPSA) is 79.0 Å². The van der Waals surface area contributed by atoms with Crippen LogP contribution in [0, 0.1) is 18.8 Å². The number of carbonyl (C=O) groups excluding carboxylic acids is 3. The molecule has 3 amide bonds. The van der Waals surface area contributed by atoms with Crippen LogP contribution < -0.4 is 10.1 Å². The summed E-state index contributed by atoms with van der Waals surface area (Å²) in [7, 11) is 1.59. The van der Waals surface area contributed by atoms with Crippen LogP contribution in [0.15, 0.2) is 42.5 Å². The number of ether oxygens (including phenoxy) is 1. The number of carbonyl (C=O) groups is 3. The van der Waals surface area contributed by atoms with Crippen molar-refractivity contribution < 1.29 is 19.1 Å². The zero-order valence-corrected chi connectivity index (χ0v) is 18.8. The highest BCUT2D eigenvalue weighted by atomic mass is 16.5. The molecule has 1 saturated heterocycles. The molecule has 7 heteroatoms. The van der Waals surface area contributed by atoms with Gasteiger partial charge in [-0.25, -0.2) is 0 Å². The van der Waals surface area contributed by atoms with Crippen molar-refractivity contribution in [1.82, 2.24) is 9.80 Å². The number of nitrogens with one attached hydrogen (secondary N) is 1. The van der Waals surface area contributed by atoms with Gasteiger partial charge in [-0.3, -0.25) is 14.4 Å². The second kappa shape index (κ2) is 9.02. The lowest BCUT2D eigenvalue weighted by atomic mass is 10.1. The molecule has 4 rings (SSSR count). The van der Waals surface area contributed by atoms with Crippen LogP contribution in [0.2, 0.25) is 0 Å². The van der Waals surface area contributed by atoms with Crippen molar-refractivity contribution in [2.75, 3.05) is 38.6 Å². The first-order chi connectivity index (χ1) is 15.4. The maximum absolute atomic E-state index is 13.0. The molecule has 0 aromatic heterocycles. The van der Waals surface area contributed by atoms with Gasteiger partial charge in [0.25, 0.3) is 11.8 Å². The predicted molar refractivity (Wildman–Crippen MR) is 122 cm³/mol. The zero-order chi connectivity index (χ0) is 22.8. The lowest BCUT2D eigenvalue weighted by Crippen LogP contribution is -2.50. The quantitative estimate of drug-likeness (QED) is 0.782. The molecule has 1 saturated carbocycles. The maximum Gasteiger partial charge on any atom is 0.254 e. The van der Waals surface area contributed by atoms with E-state index in [1.54, 1.807) is 53.3 Å². The smallest absolute Gasteiger partial charge is 0.254 e. The van der Waals surface area contributed by atoms with Gasteiger partial charge >= 0.3 is 0 Å². The van der Waals surface area contributed by atoms with E-state index in [0.717, 1.165) is 12.0 Å². The third-order valence-electron chi connectivity index (χ3n) is 6.33. The largest absolute Gasteiger partial charge is 0.496 e. The number of amides is 3. The van der Waals surface area contributed by atoms with Crippen molar-refractivity contribution in [3.8, 4) is 5.75 Å². The van der Waals surface area contributed by atoms with Crippen LogP contribution >= 0.6 is 0 Å². The average molecular weight is 436 g/mol. The van der Waals surface area contributed by atoms with E-state index in [1.807, 2.05) is 13.0 Å². The number of hydrogen-bond donors (Lipinski definition) is 1. The van der Waals surface area contributed by atoms with E-state index in [2.05, 4.69) is 12.2 Å². The lowest BCUT2D eigenvalue weighted by Gasteiger charge is -2.35. The molecule has 1 aliphatic carbocycles. The van der Waals surface area contributed by atoms with Gasteiger partial charge in [0.1, 0.15) is 5.75 Å². The Hall–Kier alpha value is -3.35. The van der Waals surface area contributed by atoms with Crippen LogP contribution in [-0.2, 0) is 4.79 Å². The molecule has 168 valence electrons. The van der Waals surface area contributed by atoms with Gasteiger partial charge in [0.05, 0.1) is 7.11 Å². The predicted octanol–water partition coefficient (Wildman–Crippen LogP) is 3.20. The molecule has 1 heterocycles. The van der Waals surface area contributed by atoms with E-state index in [1.165, 1.54) is 0 Å². The van der Waals surface area contributed by atoms with Gasteiger partial charge in [0.15, 0.2) is 0 Å². The summed E-state index contributed by atoms with van der Waals surface area (Å²) < 4.78 is 5.33. The number of rotatable bonds is 5. The Balaban J connectivity index is 1.36. The molecule has 0 radical (unpaired) electrons. The van der Waals surface area contributed by atoms with Crippen LogP contribution in [0.3, 0.4) is 0 Å². The Morgan fingerprint density at radius 1 is 0.938 bits per heavy atom. The Morgan fingerprint density at radius 3 is 2.09 bits per heavy atom. The summed E-state index contributed by atoms with van der Waals surface area (Å²) in [6.45, 7) is 5.86. The normalized spacial score (nSPS) is 20.0. The van der Waals surface area contributed by atoms with Crippen molar-refractivity contribution in [1.29, 1.82) is 0 Å². The van der Waals surface area contributed by atoms with Gasteiger partial charge in [-0.1, -0.05) is 19.1 Å². The summed E-state index contributed by atoms with van der Waals surface area (Å²) in [5.74, 6) is 1.06. The number of aryl methyl sites for hydroxylation is 1. The third-order valence-corrected chi connectivity index (χ3v) is 6.33. The molecule has 7 nitrogen and oxygen atoms in total. The van der Waals surface area contributed by atoms with Gasteiger partial charge in [0, 0.05) is 48.9 Å². The summed E-state index contributed by atoms with van der Waals surface area (Å²) in [5, 5.41) is 2.91. The number of anilines is 1. The van der Waals surface area contributed by atoms with E-state index >= 15 is 0 Å². The Bertz CT molecular complexity index is 1040. The molecular formula is C25H29N3O4. The first-order valence-electron chi connectivity index (χ1n) is 11.0. The summed E-state index contributed by atoms with van der Waals surface area (Å²) in [6.07, 6.45) is 0.919. The number of piperazine rings is 1. The average Bonchev–Trinajstić information content (AvgIpc) is 3.55. The van der Waals surface area contributed by atoms with Crippen LogP contribution in [0.4, 0.5) is 5.69 Å². The first kappa shape index (κ1) is 21.9. The molecule has 2 fully saturated rings. The molecule has 1 N–H and O–H groups in total. The van der Waals surface area contributed by atoms with Crippen LogP contribution in [0.1, 0.15) is 39.6 Å². The molecule has 1 aliphatic heterocycles. The van der Waals surface area contributed by atoms with Crippen molar-refractivity contribution in [3.63, 3.8) is 0 Å². The number of nitrogens with zero attached hydrogens (tertiary/aromatic N) is 2. The maximum atomic E-state index is 13.0. The molecule has 2 aromatic carbocycles. The van der Waals surface area contributed by atoms with E-state index in [-0.39, 0.29) is 23.6 Å². The fourth-order valence-corrected chi connectivity index (χ4v) is 4.08. The zero-order valence-electron chi connectivity index (χ0n) is 18.8. The second-order valence-electron chi connectivity index (χ2n) is 8.66. The van der Waals surface area contributed by atoms with E-state index < -0.39 is 0 Å². The number of methoxy groups -OCH3 is 1. The van der Waals surface area contributed by atoms with Gasteiger partial charge in [0.2, 0.25) is 5.91 Å². The molecule has 32 heavy (non-hydrogen) atoms. The SMILES string of the molecule is COc1cc(C(=O)N2CCN(C(=O)c3cccc(NC(=O)C4CC4C)c3)CC2)ccc1C. The molecule has 2 aromatic rings. The highest BCUT2D eigenvalue weighted by Gasteiger charge is 2.39. The molecule has 2 atom stereocenters. The van der Waals surface area contributed by atoms with Gasteiger partial charge < -0.3 is 19.9 Å². The molecule has 2 unspecified atom stereocenters. The fraction of sp³-hybridized carbons (Fsp3) is 0.400. The summed E-state index contributed by atoms with van der Waals surface area (Å²) in [4.78, 5) is 41.6. The summed E-state index contributed by atoms with van der Waals surface area (Å²) in [5.41, 5.74) is 2.74. The summed E-state index contributed by atoms with van der Waals surface area (Å²) >= 11 is 0. The number of hydrogen-bond acceptors (Lipinski definition) is 4. The lowest BCUT2D eigenvalue weighted by molar-refractivity contribution is -0.117. The second-order valence-corrected chi connectivity index (χ2v) is 8.66. The monoisotopic (exact) mass is 435 g/mol. The van der Waals surface area contributed by atoms with E-state index in [4.69, 9.17) is 4.74 Å². The minimum atomic E-state index is -0.0926. The van der Waals surface area contributed by atoms with Crippen LogP contribution in [0.25, 0.3) is 0 Å². The third kappa shape index (κ3) is 4.61. The van der Waals surface area contributed by atoms with Gasteiger partial charge in [-0.05, 0) is 55.2 Å². The Morgan fingerprint density at radius 2 is 1.53 bits per heavy atom. The van der Waals surface area contributed by atoms with Crippen molar-refractivity contribution in [3.05, 3.63) is 59.2 Å². The highest BCUT2D eigenvalue weighted by molar-refractivity contribution is 5.99. The van der Waals surface area contributed by atoms with Gasteiger partial charge in [-0.15, -0.1) is 0 Å². The number of benzene rings is 2. The molecule has 2 aliphatic rings.